The predicted molar refractivity (Wildman–Crippen MR) is 77.7 cm³/mol. The lowest BCUT2D eigenvalue weighted by molar-refractivity contribution is -0.140. The van der Waals surface area contributed by atoms with E-state index in [2.05, 4.69) is 10.2 Å². The monoisotopic (exact) mass is 285 g/mol. The fraction of sp³-hybridized carbons (Fsp3) is 0.857. The van der Waals surface area contributed by atoms with E-state index in [0.717, 1.165) is 25.9 Å². The Bertz CT molecular complexity index is 349. The molecular weight excluding hydrogens is 258 g/mol. The third-order valence-corrected chi connectivity index (χ3v) is 4.23. The van der Waals surface area contributed by atoms with E-state index >= 15 is 0 Å². The number of carbonyl (C=O) groups excluding carboxylic acids is 1. The summed E-state index contributed by atoms with van der Waals surface area (Å²) in [7, 11) is 3.78. The van der Waals surface area contributed by atoms with E-state index in [1.165, 1.54) is 0 Å². The number of nitrogens with zero attached hydrogens (tertiary/aromatic N) is 2. The topological polar surface area (TPSA) is 72.9 Å². The molecule has 1 heterocycles. The molecule has 2 unspecified atom stereocenters. The van der Waals surface area contributed by atoms with E-state index in [1.54, 1.807) is 11.9 Å². The van der Waals surface area contributed by atoms with Gasteiger partial charge in [-0.3, -0.25) is 0 Å². The number of urea groups is 1. The maximum absolute atomic E-state index is 12.2. The first-order valence-electron chi connectivity index (χ1n) is 7.31. The summed E-state index contributed by atoms with van der Waals surface area (Å²) in [5.41, 5.74) is 0. The van der Waals surface area contributed by atoms with E-state index in [1.807, 2.05) is 20.9 Å². The Labute approximate surface area is 121 Å². The Hall–Kier alpha value is -1.30. The molecule has 0 aromatic heterocycles. The van der Waals surface area contributed by atoms with Crippen molar-refractivity contribution in [2.24, 2.45) is 5.92 Å². The van der Waals surface area contributed by atoms with Crippen LogP contribution in [0, 0.1) is 5.92 Å². The summed E-state index contributed by atoms with van der Waals surface area (Å²) in [4.78, 5) is 27.3. The molecule has 0 aromatic rings. The van der Waals surface area contributed by atoms with Crippen LogP contribution in [0.15, 0.2) is 0 Å². The van der Waals surface area contributed by atoms with Gasteiger partial charge in [0.05, 0.1) is 0 Å². The summed E-state index contributed by atoms with van der Waals surface area (Å²) in [6.07, 6.45) is 2.75. The second kappa shape index (κ2) is 7.47. The van der Waals surface area contributed by atoms with Gasteiger partial charge in [0.15, 0.2) is 0 Å². The molecule has 0 bridgehead atoms. The number of piperidine rings is 1. The van der Waals surface area contributed by atoms with E-state index in [9.17, 15) is 14.7 Å². The van der Waals surface area contributed by atoms with Crippen molar-refractivity contribution in [2.45, 2.75) is 45.2 Å². The highest BCUT2D eigenvalue weighted by Crippen LogP contribution is 2.14. The zero-order valence-electron chi connectivity index (χ0n) is 12.9. The second-order valence-electron chi connectivity index (χ2n) is 5.82. The zero-order chi connectivity index (χ0) is 15.3. The largest absolute Gasteiger partial charge is 0.480 e. The van der Waals surface area contributed by atoms with Gasteiger partial charge in [0.2, 0.25) is 0 Å². The lowest BCUT2D eigenvalue weighted by atomic mass is 9.99. The molecule has 20 heavy (non-hydrogen) atoms. The molecule has 3 atom stereocenters. The highest BCUT2D eigenvalue weighted by Gasteiger charge is 2.29. The molecule has 0 aliphatic carbocycles. The van der Waals surface area contributed by atoms with Gasteiger partial charge in [0, 0.05) is 19.6 Å². The van der Waals surface area contributed by atoms with E-state index in [-0.39, 0.29) is 18.0 Å². The Kier molecular flexibility index (Phi) is 6.26. The number of carboxylic acids is 1. The Balaban J connectivity index is 2.61. The van der Waals surface area contributed by atoms with Gasteiger partial charge in [-0.15, -0.1) is 0 Å². The molecular formula is C14H27N3O3. The Morgan fingerprint density at radius 3 is 2.65 bits per heavy atom. The zero-order valence-corrected chi connectivity index (χ0v) is 12.9. The Morgan fingerprint density at radius 1 is 1.50 bits per heavy atom. The van der Waals surface area contributed by atoms with Crippen LogP contribution in [0.2, 0.25) is 0 Å². The molecule has 116 valence electrons. The number of hydrogen-bond acceptors (Lipinski definition) is 3. The molecule has 1 aliphatic rings. The number of likely N-dealkylation sites (tertiary alicyclic amines) is 1. The number of likely N-dealkylation sites (N-methyl/N-ethyl adjacent to an activating group) is 2. The molecule has 1 rings (SSSR count). The molecule has 0 aromatic carbocycles. The van der Waals surface area contributed by atoms with E-state index in [4.69, 9.17) is 0 Å². The van der Waals surface area contributed by atoms with Crippen molar-refractivity contribution in [1.82, 2.24) is 15.1 Å². The number of nitrogens with one attached hydrogen (secondary N) is 1. The lowest BCUT2D eigenvalue weighted by Gasteiger charge is -2.36. The second-order valence-corrected chi connectivity index (χ2v) is 5.82. The molecule has 2 amide bonds. The SMILES string of the molecule is CCC(C)[C@H](NC(=O)N(C)C1CCCN(C)C1)C(=O)O. The predicted octanol–water partition coefficient (Wildman–Crippen LogP) is 1.22. The smallest absolute Gasteiger partial charge is 0.326 e. The number of carboxylic acid groups (broad SMARTS) is 1. The summed E-state index contributed by atoms with van der Waals surface area (Å²) >= 11 is 0. The molecule has 1 aliphatic heterocycles. The third kappa shape index (κ3) is 4.37. The van der Waals surface area contributed by atoms with Gasteiger partial charge in [0.1, 0.15) is 6.04 Å². The van der Waals surface area contributed by atoms with Gasteiger partial charge in [-0.25, -0.2) is 9.59 Å². The maximum Gasteiger partial charge on any atom is 0.326 e. The first-order chi connectivity index (χ1) is 9.36. The van der Waals surface area contributed by atoms with Crippen molar-refractivity contribution in [3.05, 3.63) is 0 Å². The van der Waals surface area contributed by atoms with Gasteiger partial charge < -0.3 is 20.2 Å². The van der Waals surface area contributed by atoms with Crippen LogP contribution in [0.3, 0.4) is 0 Å². The number of amides is 2. The van der Waals surface area contributed by atoms with Gasteiger partial charge in [0.25, 0.3) is 0 Å². The average molecular weight is 285 g/mol. The minimum absolute atomic E-state index is 0.0844. The Morgan fingerprint density at radius 2 is 2.15 bits per heavy atom. The average Bonchev–Trinajstić information content (AvgIpc) is 2.42. The fourth-order valence-electron chi connectivity index (χ4n) is 2.54. The molecule has 0 saturated carbocycles. The van der Waals surface area contributed by atoms with Crippen molar-refractivity contribution >= 4 is 12.0 Å². The van der Waals surface area contributed by atoms with Gasteiger partial charge in [-0.1, -0.05) is 20.3 Å². The van der Waals surface area contributed by atoms with Crippen molar-refractivity contribution in [3.8, 4) is 0 Å². The highest BCUT2D eigenvalue weighted by molar-refractivity contribution is 5.82. The minimum Gasteiger partial charge on any atom is -0.480 e. The van der Waals surface area contributed by atoms with Gasteiger partial charge >= 0.3 is 12.0 Å². The van der Waals surface area contributed by atoms with Crippen LogP contribution in [0.4, 0.5) is 4.79 Å². The van der Waals surface area contributed by atoms with E-state index < -0.39 is 12.0 Å². The standard InChI is InChI=1S/C14H27N3O3/c1-5-10(2)12(13(18)19)15-14(20)17(4)11-7-6-8-16(3)9-11/h10-12H,5-9H2,1-4H3,(H,15,20)(H,18,19)/t10?,11?,12-/m0/s1. The summed E-state index contributed by atoms with van der Waals surface area (Å²) < 4.78 is 0. The molecule has 1 fully saturated rings. The number of hydrogen-bond donors (Lipinski definition) is 2. The van der Waals surface area contributed by atoms with E-state index in [0.29, 0.717) is 6.42 Å². The maximum atomic E-state index is 12.2. The first kappa shape index (κ1) is 16.8. The van der Waals surface area contributed by atoms with Crippen molar-refractivity contribution in [1.29, 1.82) is 0 Å². The van der Waals surface area contributed by atoms with Crippen LogP contribution < -0.4 is 5.32 Å². The van der Waals surface area contributed by atoms with Crippen molar-refractivity contribution < 1.29 is 14.7 Å². The number of rotatable bonds is 5. The minimum atomic E-state index is -0.970. The summed E-state index contributed by atoms with van der Waals surface area (Å²) in [6, 6.07) is -0.964. The van der Waals surface area contributed by atoms with Crippen LogP contribution in [0.25, 0.3) is 0 Å². The third-order valence-electron chi connectivity index (χ3n) is 4.23. The van der Waals surface area contributed by atoms with Crippen LogP contribution in [-0.2, 0) is 4.79 Å². The summed E-state index contributed by atoms with van der Waals surface area (Å²) in [5, 5.41) is 11.9. The van der Waals surface area contributed by atoms with Crippen LogP contribution in [-0.4, -0.2) is 66.2 Å². The summed E-state index contributed by atoms with van der Waals surface area (Å²) in [5.74, 6) is -1.05. The molecule has 0 spiro atoms. The first-order valence-corrected chi connectivity index (χ1v) is 7.31. The quantitative estimate of drug-likeness (QED) is 0.796. The van der Waals surface area contributed by atoms with Crippen LogP contribution in [0.1, 0.15) is 33.1 Å². The lowest BCUT2D eigenvalue weighted by Crippen LogP contribution is -2.54. The van der Waals surface area contributed by atoms with Gasteiger partial charge in [-0.05, 0) is 32.4 Å². The fourth-order valence-corrected chi connectivity index (χ4v) is 2.54. The highest BCUT2D eigenvalue weighted by atomic mass is 16.4. The van der Waals surface area contributed by atoms with Gasteiger partial charge in [-0.2, -0.15) is 0 Å². The molecule has 1 saturated heterocycles. The van der Waals surface area contributed by atoms with Crippen LogP contribution in [0.5, 0.6) is 0 Å². The molecule has 2 N–H and O–H groups in total. The van der Waals surface area contributed by atoms with Crippen molar-refractivity contribution in [2.75, 3.05) is 27.2 Å². The van der Waals surface area contributed by atoms with Crippen LogP contribution >= 0.6 is 0 Å². The molecule has 6 heteroatoms. The number of aliphatic carboxylic acids is 1. The molecule has 0 radical (unpaired) electrons. The molecule has 6 nitrogen and oxygen atoms in total. The number of carbonyl (C=O) groups is 2. The summed E-state index contributed by atoms with van der Waals surface area (Å²) in [6.45, 7) is 5.65. The van der Waals surface area contributed by atoms with Crippen molar-refractivity contribution in [3.63, 3.8) is 0 Å². The normalized spacial score (nSPS) is 22.9.